The van der Waals surface area contributed by atoms with Crippen LogP contribution in [0.1, 0.15) is 30.5 Å². The molecule has 0 unspecified atom stereocenters. The van der Waals surface area contributed by atoms with Crippen molar-refractivity contribution in [2.24, 2.45) is 0 Å². The fourth-order valence-corrected chi connectivity index (χ4v) is 5.40. The summed E-state index contributed by atoms with van der Waals surface area (Å²) in [7, 11) is -4.07. The molecule has 0 aliphatic heterocycles. The van der Waals surface area contributed by atoms with E-state index >= 15 is 0 Å². The first-order valence-electron chi connectivity index (χ1n) is 11.9. The Hall–Kier alpha value is -3.65. The maximum absolute atomic E-state index is 13.8. The number of carbonyl (C=O) groups excluding carboxylic acids is 2. The Bertz CT molecular complexity index is 1290. The Morgan fingerprint density at radius 1 is 0.917 bits per heavy atom. The third-order valence-electron chi connectivity index (χ3n) is 5.96. The van der Waals surface area contributed by atoms with Gasteiger partial charge in [0.1, 0.15) is 12.6 Å². The number of hydrogen-bond donors (Lipinski definition) is 1. The first kappa shape index (κ1) is 26.9. The smallest absolute Gasteiger partial charge is 0.264 e. The van der Waals surface area contributed by atoms with Crippen molar-refractivity contribution in [2.45, 2.75) is 45.2 Å². The number of anilines is 1. The van der Waals surface area contributed by atoms with E-state index in [2.05, 4.69) is 5.32 Å². The summed E-state index contributed by atoms with van der Waals surface area (Å²) >= 11 is 0. The van der Waals surface area contributed by atoms with Gasteiger partial charge in [-0.2, -0.15) is 0 Å². The summed E-state index contributed by atoms with van der Waals surface area (Å²) in [6.07, 6.45) is 0. The maximum atomic E-state index is 13.8. The lowest BCUT2D eigenvalue weighted by Gasteiger charge is -2.32. The number of nitrogens with one attached hydrogen (secondary N) is 1. The van der Waals surface area contributed by atoms with Crippen molar-refractivity contribution in [3.8, 4) is 0 Å². The molecule has 3 aromatic carbocycles. The molecule has 0 aliphatic rings. The monoisotopic (exact) mass is 507 g/mol. The number of aryl methyl sites for hydroxylation is 2. The molecule has 0 spiro atoms. The predicted octanol–water partition coefficient (Wildman–Crippen LogP) is 4.05. The Labute approximate surface area is 213 Å². The van der Waals surface area contributed by atoms with Crippen molar-refractivity contribution in [1.82, 2.24) is 10.2 Å². The average molecular weight is 508 g/mol. The third kappa shape index (κ3) is 6.31. The zero-order chi connectivity index (χ0) is 26.3. The Kier molecular flexibility index (Phi) is 8.88. The van der Waals surface area contributed by atoms with Crippen LogP contribution < -0.4 is 9.62 Å². The van der Waals surface area contributed by atoms with Gasteiger partial charge in [0.15, 0.2) is 0 Å². The lowest BCUT2D eigenvalue weighted by atomic mass is 10.1. The van der Waals surface area contributed by atoms with E-state index in [4.69, 9.17) is 0 Å². The average Bonchev–Trinajstić information content (AvgIpc) is 2.88. The fourth-order valence-electron chi connectivity index (χ4n) is 3.91. The van der Waals surface area contributed by atoms with Crippen LogP contribution >= 0.6 is 0 Å². The van der Waals surface area contributed by atoms with Gasteiger partial charge in [-0.3, -0.25) is 13.9 Å². The molecule has 7 nitrogen and oxygen atoms in total. The topological polar surface area (TPSA) is 86.8 Å². The quantitative estimate of drug-likeness (QED) is 0.449. The number of rotatable bonds is 10. The minimum atomic E-state index is -4.07. The Morgan fingerprint density at radius 3 is 2.14 bits per heavy atom. The Morgan fingerprint density at radius 2 is 1.53 bits per heavy atom. The van der Waals surface area contributed by atoms with E-state index in [0.29, 0.717) is 12.2 Å². The summed E-state index contributed by atoms with van der Waals surface area (Å²) in [6.45, 7) is 7.29. The Balaban J connectivity index is 2.05. The molecular weight excluding hydrogens is 474 g/mol. The van der Waals surface area contributed by atoms with Gasteiger partial charge in [0.2, 0.25) is 11.8 Å². The summed E-state index contributed by atoms with van der Waals surface area (Å²) in [4.78, 5) is 28.0. The maximum Gasteiger partial charge on any atom is 0.264 e. The molecule has 0 saturated heterocycles. The van der Waals surface area contributed by atoms with Crippen LogP contribution in [0.2, 0.25) is 0 Å². The SMILES string of the molecule is CCNC(=O)[C@H](C)N(Cc1ccccc1)C(=O)CN(c1cc(C)ccc1C)S(=O)(=O)c1ccccc1. The van der Waals surface area contributed by atoms with Crippen LogP contribution in [0.15, 0.2) is 83.8 Å². The lowest BCUT2D eigenvalue weighted by Crippen LogP contribution is -2.51. The van der Waals surface area contributed by atoms with Gasteiger partial charge in [-0.25, -0.2) is 8.42 Å². The van der Waals surface area contributed by atoms with E-state index in [1.165, 1.54) is 17.0 Å². The number of benzene rings is 3. The molecule has 0 radical (unpaired) electrons. The molecule has 0 fully saturated rings. The molecule has 3 aromatic rings. The molecule has 0 bridgehead atoms. The molecule has 3 rings (SSSR count). The predicted molar refractivity (Wildman–Crippen MR) is 142 cm³/mol. The van der Waals surface area contributed by atoms with Gasteiger partial charge in [-0.1, -0.05) is 60.7 Å². The van der Waals surface area contributed by atoms with E-state index in [9.17, 15) is 18.0 Å². The van der Waals surface area contributed by atoms with E-state index in [1.807, 2.05) is 63.2 Å². The van der Waals surface area contributed by atoms with Crippen molar-refractivity contribution < 1.29 is 18.0 Å². The van der Waals surface area contributed by atoms with Gasteiger partial charge in [-0.05, 0) is 62.6 Å². The van der Waals surface area contributed by atoms with Crippen LogP contribution in [-0.2, 0) is 26.2 Å². The number of carbonyl (C=O) groups is 2. The van der Waals surface area contributed by atoms with E-state index in [-0.39, 0.29) is 17.3 Å². The number of likely N-dealkylation sites (N-methyl/N-ethyl adjacent to an activating group) is 1. The summed E-state index contributed by atoms with van der Waals surface area (Å²) < 4.78 is 28.7. The third-order valence-corrected chi connectivity index (χ3v) is 7.73. The van der Waals surface area contributed by atoms with Crippen LogP contribution in [0, 0.1) is 13.8 Å². The first-order valence-corrected chi connectivity index (χ1v) is 13.3. The number of sulfonamides is 1. The zero-order valence-electron chi connectivity index (χ0n) is 21.1. The summed E-state index contributed by atoms with van der Waals surface area (Å²) in [5.41, 5.74) is 2.86. The second-order valence-corrected chi connectivity index (χ2v) is 10.6. The van der Waals surface area contributed by atoms with Crippen molar-refractivity contribution in [3.63, 3.8) is 0 Å². The van der Waals surface area contributed by atoms with Gasteiger partial charge in [-0.15, -0.1) is 0 Å². The second kappa shape index (κ2) is 11.9. The molecule has 36 heavy (non-hydrogen) atoms. The highest BCUT2D eigenvalue weighted by atomic mass is 32.2. The molecule has 8 heteroatoms. The van der Waals surface area contributed by atoms with Crippen molar-refractivity contribution >= 4 is 27.5 Å². The van der Waals surface area contributed by atoms with Crippen LogP contribution in [0.5, 0.6) is 0 Å². The van der Waals surface area contributed by atoms with Gasteiger partial charge in [0.25, 0.3) is 10.0 Å². The molecule has 0 heterocycles. The van der Waals surface area contributed by atoms with Gasteiger partial charge in [0.05, 0.1) is 10.6 Å². The first-order chi connectivity index (χ1) is 17.1. The van der Waals surface area contributed by atoms with Crippen molar-refractivity contribution in [3.05, 3.63) is 95.6 Å². The largest absolute Gasteiger partial charge is 0.355 e. The highest BCUT2D eigenvalue weighted by molar-refractivity contribution is 7.92. The van der Waals surface area contributed by atoms with Crippen molar-refractivity contribution in [1.29, 1.82) is 0 Å². The van der Waals surface area contributed by atoms with E-state index in [1.54, 1.807) is 31.2 Å². The van der Waals surface area contributed by atoms with Crippen molar-refractivity contribution in [2.75, 3.05) is 17.4 Å². The summed E-state index contributed by atoms with van der Waals surface area (Å²) in [5, 5.41) is 2.76. The molecule has 0 aromatic heterocycles. The molecule has 190 valence electrons. The summed E-state index contributed by atoms with van der Waals surface area (Å²) in [6, 6.07) is 22.1. The van der Waals surface area contributed by atoms with E-state index in [0.717, 1.165) is 21.0 Å². The summed E-state index contributed by atoms with van der Waals surface area (Å²) in [5.74, 6) is -0.774. The van der Waals surface area contributed by atoms with Crippen LogP contribution in [-0.4, -0.2) is 44.3 Å². The van der Waals surface area contributed by atoms with Gasteiger partial charge >= 0.3 is 0 Å². The van der Waals surface area contributed by atoms with Gasteiger partial charge < -0.3 is 10.2 Å². The molecule has 0 saturated carbocycles. The molecule has 2 amide bonds. The number of hydrogen-bond acceptors (Lipinski definition) is 4. The highest BCUT2D eigenvalue weighted by Gasteiger charge is 2.33. The van der Waals surface area contributed by atoms with Gasteiger partial charge in [0, 0.05) is 13.1 Å². The fraction of sp³-hybridized carbons (Fsp3) is 0.286. The normalized spacial score (nSPS) is 12.0. The molecule has 1 atom stereocenters. The highest BCUT2D eigenvalue weighted by Crippen LogP contribution is 2.28. The minimum absolute atomic E-state index is 0.0880. The molecule has 1 N–H and O–H groups in total. The van der Waals surface area contributed by atoms with Crippen LogP contribution in [0.3, 0.4) is 0 Å². The van der Waals surface area contributed by atoms with Crippen LogP contribution in [0.4, 0.5) is 5.69 Å². The zero-order valence-corrected chi connectivity index (χ0v) is 22.0. The lowest BCUT2D eigenvalue weighted by molar-refractivity contribution is -0.139. The minimum Gasteiger partial charge on any atom is -0.355 e. The number of amides is 2. The van der Waals surface area contributed by atoms with Crippen LogP contribution in [0.25, 0.3) is 0 Å². The molecule has 0 aliphatic carbocycles. The standard InChI is InChI=1S/C28H33N3O4S/c1-5-29-28(33)23(4)30(19-24-12-8-6-9-13-24)27(32)20-31(26-18-21(2)16-17-22(26)3)36(34,35)25-14-10-7-11-15-25/h6-18,23H,5,19-20H2,1-4H3,(H,29,33)/t23-/m0/s1. The number of nitrogens with zero attached hydrogens (tertiary/aromatic N) is 2. The van der Waals surface area contributed by atoms with E-state index < -0.39 is 28.5 Å². The molecular formula is C28H33N3O4S. The second-order valence-electron chi connectivity index (χ2n) is 8.69.